The van der Waals surface area contributed by atoms with E-state index in [2.05, 4.69) is 13.5 Å². The second-order valence-electron chi connectivity index (χ2n) is 2.59. The Morgan fingerprint density at radius 3 is 2.58 bits per heavy atom. The minimum atomic E-state index is 0.178. The van der Waals surface area contributed by atoms with Crippen molar-refractivity contribution in [2.45, 2.75) is 32.2 Å². The molecule has 12 heavy (non-hydrogen) atoms. The Hall–Kier alpha value is -0.830. The van der Waals surface area contributed by atoms with Crippen LogP contribution < -0.4 is 0 Å². The highest BCUT2D eigenvalue weighted by atomic mass is 16.2. The lowest BCUT2D eigenvalue weighted by atomic mass is 10.2. The SMILES string of the molecule is C=CN1C(=O)C1CCCC.CO. The monoisotopic (exact) mass is 171 g/mol. The minimum absolute atomic E-state index is 0.178. The molecular formula is C9H17NO2. The van der Waals surface area contributed by atoms with Crippen molar-refractivity contribution in [3.63, 3.8) is 0 Å². The van der Waals surface area contributed by atoms with Crippen molar-refractivity contribution < 1.29 is 9.90 Å². The molecule has 0 aromatic rings. The number of amides is 1. The molecule has 1 fully saturated rings. The van der Waals surface area contributed by atoms with E-state index < -0.39 is 0 Å². The van der Waals surface area contributed by atoms with Gasteiger partial charge in [0.05, 0.1) is 0 Å². The van der Waals surface area contributed by atoms with Crippen LogP contribution in [0.15, 0.2) is 12.8 Å². The summed E-state index contributed by atoms with van der Waals surface area (Å²) in [6, 6.07) is 0.178. The fourth-order valence-electron chi connectivity index (χ4n) is 1.11. The molecule has 1 atom stereocenters. The summed E-state index contributed by atoms with van der Waals surface area (Å²) in [5, 5.41) is 7.00. The summed E-state index contributed by atoms with van der Waals surface area (Å²) in [4.78, 5) is 12.5. The van der Waals surface area contributed by atoms with Gasteiger partial charge in [-0.25, -0.2) is 0 Å². The average molecular weight is 171 g/mol. The Morgan fingerprint density at radius 2 is 2.25 bits per heavy atom. The van der Waals surface area contributed by atoms with Gasteiger partial charge in [0.15, 0.2) is 0 Å². The first kappa shape index (κ1) is 11.2. The van der Waals surface area contributed by atoms with Gasteiger partial charge in [-0.15, -0.1) is 0 Å². The molecule has 0 radical (unpaired) electrons. The molecule has 0 bridgehead atoms. The molecule has 0 spiro atoms. The Bertz CT molecular complexity index is 157. The summed E-state index contributed by atoms with van der Waals surface area (Å²) in [6.07, 6.45) is 4.92. The van der Waals surface area contributed by atoms with E-state index in [1.165, 1.54) is 0 Å². The van der Waals surface area contributed by atoms with Crippen LogP contribution in [0.5, 0.6) is 0 Å². The van der Waals surface area contributed by atoms with Crippen LogP contribution in [0.25, 0.3) is 0 Å². The summed E-state index contributed by atoms with van der Waals surface area (Å²) in [5.74, 6) is 0.239. The predicted octanol–water partition coefficient (Wildman–Crippen LogP) is 1.14. The van der Waals surface area contributed by atoms with Gasteiger partial charge in [0.1, 0.15) is 6.04 Å². The Kier molecular flexibility index (Phi) is 5.37. The van der Waals surface area contributed by atoms with Crippen molar-refractivity contribution in [1.82, 2.24) is 4.90 Å². The first-order valence-corrected chi connectivity index (χ1v) is 4.20. The second-order valence-corrected chi connectivity index (χ2v) is 2.59. The first-order valence-electron chi connectivity index (χ1n) is 4.20. The highest BCUT2D eigenvalue weighted by Gasteiger charge is 2.42. The second kappa shape index (κ2) is 5.77. The number of unbranched alkanes of at least 4 members (excludes halogenated alkanes) is 1. The molecule has 70 valence electrons. The smallest absolute Gasteiger partial charge is 0.250 e. The van der Waals surface area contributed by atoms with Crippen molar-refractivity contribution in [2.75, 3.05) is 7.11 Å². The molecule has 1 saturated heterocycles. The van der Waals surface area contributed by atoms with E-state index in [4.69, 9.17) is 5.11 Å². The zero-order chi connectivity index (χ0) is 9.56. The molecule has 0 saturated carbocycles. The molecule has 1 unspecified atom stereocenters. The van der Waals surface area contributed by atoms with Gasteiger partial charge in [0, 0.05) is 13.3 Å². The Balaban J connectivity index is 0.000000561. The molecule has 0 aromatic carbocycles. The summed E-state index contributed by atoms with van der Waals surface area (Å²) < 4.78 is 0. The van der Waals surface area contributed by atoms with Crippen molar-refractivity contribution in [3.05, 3.63) is 12.8 Å². The van der Waals surface area contributed by atoms with Crippen LogP contribution in [0.2, 0.25) is 0 Å². The lowest BCUT2D eigenvalue weighted by Crippen LogP contribution is -1.91. The third-order valence-corrected chi connectivity index (χ3v) is 1.84. The number of carbonyl (C=O) groups excluding carboxylic acids is 1. The average Bonchev–Trinajstić information content (AvgIpc) is 2.76. The third kappa shape index (κ3) is 2.66. The highest BCUT2D eigenvalue weighted by Crippen LogP contribution is 2.24. The number of hydrogen-bond acceptors (Lipinski definition) is 2. The van der Waals surface area contributed by atoms with Crippen LogP contribution >= 0.6 is 0 Å². The fourth-order valence-corrected chi connectivity index (χ4v) is 1.11. The van der Waals surface area contributed by atoms with Gasteiger partial charge in [0.25, 0.3) is 0 Å². The standard InChI is InChI=1S/C8H13NO.CH4O/c1-3-5-6-7-8(10)9(7)4-2;1-2/h4,7H,2-3,5-6H2,1H3;2H,1H3. The number of hydrogen-bond donors (Lipinski definition) is 1. The maximum absolute atomic E-state index is 10.8. The van der Waals surface area contributed by atoms with Crippen molar-refractivity contribution in [3.8, 4) is 0 Å². The molecule has 3 heteroatoms. The van der Waals surface area contributed by atoms with Crippen molar-refractivity contribution >= 4 is 5.91 Å². The molecule has 1 amide bonds. The first-order chi connectivity index (χ1) is 5.81. The van der Waals surface area contributed by atoms with Crippen LogP contribution in [0.4, 0.5) is 0 Å². The summed E-state index contributed by atoms with van der Waals surface area (Å²) in [7, 11) is 1.00. The maximum Gasteiger partial charge on any atom is 0.250 e. The molecule has 1 aliphatic heterocycles. The molecule has 1 aliphatic rings. The maximum atomic E-state index is 10.8. The summed E-state index contributed by atoms with van der Waals surface area (Å²) in [6.45, 7) is 5.67. The van der Waals surface area contributed by atoms with E-state index in [-0.39, 0.29) is 11.9 Å². The number of aliphatic hydroxyl groups excluding tert-OH is 1. The molecule has 3 nitrogen and oxygen atoms in total. The number of nitrogens with zero attached hydrogens (tertiary/aromatic N) is 1. The molecule has 0 aromatic heterocycles. The molecule has 1 N–H and O–H groups in total. The van der Waals surface area contributed by atoms with E-state index in [1.54, 1.807) is 11.1 Å². The normalized spacial score (nSPS) is 19.8. The zero-order valence-electron chi connectivity index (χ0n) is 7.79. The lowest BCUT2D eigenvalue weighted by Gasteiger charge is -1.91. The minimum Gasteiger partial charge on any atom is -0.400 e. The molecule has 0 aliphatic carbocycles. The number of rotatable bonds is 4. The van der Waals surface area contributed by atoms with Gasteiger partial charge >= 0.3 is 0 Å². The van der Waals surface area contributed by atoms with Crippen LogP contribution in [-0.4, -0.2) is 29.1 Å². The summed E-state index contributed by atoms with van der Waals surface area (Å²) >= 11 is 0. The largest absolute Gasteiger partial charge is 0.400 e. The van der Waals surface area contributed by atoms with Gasteiger partial charge in [-0.05, 0) is 6.42 Å². The van der Waals surface area contributed by atoms with Crippen molar-refractivity contribution in [2.24, 2.45) is 0 Å². The quantitative estimate of drug-likeness (QED) is 0.644. The topological polar surface area (TPSA) is 40.3 Å². The third-order valence-electron chi connectivity index (χ3n) is 1.84. The Labute approximate surface area is 73.7 Å². The van der Waals surface area contributed by atoms with Gasteiger partial charge < -0.3 is 10.0 Å². The lowest BCUT2D eigenvalue weighted by molar-refractivity contribution is -0.113. The Morgan fingerprint density at radius 1 is 1.67 bits per heavy atom. The van der Waals surface area contributed by atoms with Gasteiger partial charge in [-0.1, -0.05) is 26.3 Å². The van der Waals surface area contributed by atoms with E-state index in [0.717, 1.165) is 26.4 Å². The zero-order valence-corrected chi connectivity index (χ0v) is 7.79. The van der Waals surface area contributed by atoms with Crippen LogP contribution in [-0.2, 0) is 4.79 Å². The number of carbonyl (C=O) groups is 1. The molecule has 1 rings (SSSR count). The van der Waals surface area contributed by atoms with Crippen LogP contribution in [0, 0.1) is 0 Å². The number of aliphatic hydroxyl groups is 1. The van der Waals surface area contributed by atoms with E-state index in [9.17, 15) is 4.79 Å². The molecule has 1 heterocycles. The van der Waals surface area contributed by atoms with E-state index >= 15 is 0 Å². The van der Waals surface area contributed by atoms with Crippen molar-refractivity contribution in [1.29, 1.82) is 0 Å². The van der Waals surface area contributed by atoms with Crippen LogP contribution in [0.1, 0.15) is 26.2 Å². The van der Waals surface area contributed by atoms with Gasteiger partial charge in [-0.2, -0.15) is 0 Å². The summed E-state index contributed by atoms with van der Waals surface area (Å²) in [5.41, 5.74) is 0. The molecular weight excluding hydrogens is 154 g/mol. The highest BCUT2D eigenvalue weighted by molar-refractivity contribution is 5.97. The van der Waals surface area contributed by atoms with E-state index in [1.807, 2.05) is 0 Å². The van der Waals surface area contributed by atoms with Crippen LogP contribution in [0.3, 0.4) is 0 Å². The van der Waals surface area contributed by atoms with E-state index in [0.29, 0.717) is 0 Å². The fraction of sp³-hybridized carbons (Fsp3) is 0.667. The van der Waals surface area contributed by atoms with Gasteiger partial charge in [0.2, 0.25) is 5.91 Å². The van der Waals surface area contributed by atoms with Gasteiger partial charge in [-0.3, -0.25) is 4.79 Å². The predicted molar refractivity (Wildman–Crippen MR) is 48.5 cm³/mol.